The Kier molecular flexibility index (Phi) is 6.15. The lowest BCUT2D eigenvalue weighted by molar-refractivity contribution is 0.319. The maximum absolute atomic E-state index is 13.4. The molecule has 1 aromatic carbocycles. The van der Waals surface area contributed by atoms with Crippen LogP contribution in [0.25, 0.3) is 21.8 Å². The number of hydrogen-bond donors (Lipinski definition) is 0. The van der Waals surface area contributed by atoms with Crippen LogP contribution in [-0.2, 0) is 10.0 Å². The van der Waals surface area contributed by atoms with Crippen molar-refractivity contribution in [2.75, 3.05) is 18.8 Å². The average Bonchev–Trinajstić information content (AvgIpc) is 3.20. The molecule has 4 rings (SSSR count). The van der Waals surface area contributed by atoms with Crippen molar-refractivity contribution >= 4 is 33.0 Å². The minimum absolute atomic E-state index is 0.113. The van der Waals surface area contributed by atoms with Crippen LogP contribution in [-0.4, -0.2) is 46.5 Å². The normalized spacial score (nSPS) is 16.1. The Hall–Kier alpha value is -1.94. The first-order valence-corrected chi connectivity index (χ1v) is 12.4. The van der Waals surface area contributed by atoms with Crippen molar-refractivity contribution in [3.8, 4) is 21.8 Å². The minimum Gasteiger partial charge on any atom is -0.240 e. The van der Waals surface area contributed by atoms with Crippen molar-refractivity contribution in [3.63, 3.8) is 0 Å². The van der Waals surface area contributed by atoms with Crippen molar-refractivity contribution < 1.29 is 12.8 Å². The summed E-state index contributed by atoms with van der Waals surface area (Å²) >= 11 is 7.51. The van der Waals surface area contributed by atoms with E-state index in [1.54, 1.807) is 35.6 Å². The fourth-order valence-corrected chi connectivity index (χ4v) is 6.02. The molecule has 0 atom stereocenters. The van der Waals surface area contributed by atoms with Crippen molar-refractivity contribution in [1.82, 2.24) is 19.3 Å². The van der Waals surface area contributed by atoms with E-state index in [9.17, 15) is 12.8 Å². The van der Waals surface area contributed by atoms with Crippen LogP contribution >= 0.6 is 22.9 Å². The summed E-state index contributed by atoms with van der Waals surface area (Å²) in [5, 5.41) is 1.07. The summed E-state index contributed by atoms with van der Waals surface area (Å²) in [5.41, 5.74) is 2.16. The van der Waals surface area contributed by atoms with Gasteiger partial charge in [0.25, 0.3) is 0 Å². The zero-order valence-electron chi connectivity index (χ0n) is 16.3. The number of aromatic nitrogens is 3. The van der Waals surface area contributed by atoms with Crippen molar-refractivity contribution in [1.29, 1.82) is 0 Å². The highest BCUT2D eigenvalue weighted by atomic mass is 35.5. The number of piperidine rings is 1. The van der Waals surface area contributed by atoms with E-state index >= 15 is 0 Å². The van der Waals surface area contributed by atoms with Crippen LogP contribution in [0.4, 0.5) is 4.39 Å². The number of hydrogen-bond acceptors (Lipinski definition) is 6. The molecule has 0 bridgehead atoms. The lowest BCUT2D eigenvalue weighted by Crippen LogP contribution is -2.38. The predicted octanol–water partition coefficient (Wildman–Crippen LogP) is 4.59. The Morgan fingerprint density at radius 1 is 1.17 bits per heavy atom. The summed E-state index contributed by atoms with van der Waals surface area (Å²) in [4.78, 5) is 14.0. The highest BCUT2D eigenvalue weighted by molar-refractivity contribution is 7.89. The van der Waals surface area contributed by atoms with Crippen LogP contribution in [0, 0.1) is 5.82 Å². The first-order chi connectivity index (χ1) is 14.4. The number of rotatable bonds is 5. The SMILES string of the molecule is CCS(=O)(=O)N1CCC(c2nc(-c3ccc(F)cc3)c(-c3ccnc(Cl)n3)s2)CC1. The molecule has 158 valence electrons. The molecule has 1 aliphatic heterocycles. The second-order valence-electron chi connectivity index (χ2n) is 7.02. The van der Waals surface area contributed by atoms with Crippen molar-refractivity contribution in [2.24, 2.45) is 0 Å². The van der Waals surface area contributed by atoms with Gasteiger partial charge in [0.05, 0.1) is 27.0 Å². The third-order valence-electron chi connectivity index (χ3n) is 5.18. The molecule has 3 heterocycles. The summed E-state index contributed by atoms with van der Waals surface area (Å²) in [5.74, 6) is -0.0451. The Labute approximate surface area is 183 Å². The van der Waals surface area contributed by atoms with Crippen molar-refractivity contribution in [3.05, 3.63) is 52.6 Å². The van der Waals surface area contributed by atoms with Gasteiger partial charge in [0.1, 0.15) is 5.82 Å². The van der Waals surface area contributed by atoms with Gasteiger partial charge in [-0.15, -0.1) is 11.3 Å². The molecule has 30 heavy (non-hydrogen) atoms. The van der Waals surface area contributed by atoms with Gasteiger partial charge >= 0.3 is 0 Å². The van der Waals surface area contributed by atoms with Crippen LogP contribution in [0.5, 0.6) is 0 Å². The van der Waals surface area contributed by atoms with Crippen LogP contribution < -0.4 is 0 Å². The fraction of sp³-hybridized carbons (Fsp3) is 0.350. The maximum atomic E-state index is 13.4. The molecule has 0 aliphatic carbocycles. The number of nitrogens with zero attached hydrogens (tertiary/aromatic N) is 4. The quantitative estimate of drug-likeness (QED) is 0.514. The Morgan fingerprint density at radius 3 is 2.50 bits per heavy atom. The lowest BCUT2D eigenvalue weighted by Gasteiger charge is -2.29. The summed E-state index contributed by atoms with van der Waals surface area (Å²) < 4.78 is 39.3. The highest BCUT2D eigenvalue weighted by Gasteiger charge is 2.30. The molecule has 6 nitrogen and oxygen atoms in total. The second kappa shape index (κ2) is 8.66. The van der Waals surface area contributed by atoms with E-state index < -0.39 is 10.0 Å². The Morgan fingerprint density at radius 2 is 1.87 bits per heavy atom. The van der Waals surface area contributed by atoms with Gasteiger partial charge in [-0.25, -0.2) is 32.1 Å². The molecular formula is C20H20ClFN4O2S2. The first-order valence-electron chi connectivity index (χ1n) is 9.61. The van der Waals surface area contributed by atoms with E-state index in [1.165, 1.54) is 23.5 Å². The van der Waals surface area contributed by atoms with E-state index in [0.29, 0.717) is 37.3 Å². The lowest BCUT2D eigenvalue weighted by atomic mass is 9.99. The molecule has 1 fully saturated rings. The molecule has 0 spiro atoms. The van der Waals surface area contributed by atoms with E-state index in [2.05, 4.69) is 9.97 Å². The van der Waals surface area contributed by atoms with Gasteiger partial charge < -0.3 is 0 Å². The molecule has 2 aromatic heterocycles. The molecule has 0 amide bonds. The Balaban J connectivity index is 1.69. The highest BCUT2D eigenvalue weighted by Crippen LogP contribution is 2.41. The van der Waals surface area contributed by atoms with Crippen molar-refractivity contribution in [2.45, 2.75) is 25.7 Å². The van der Waals surface area contributed by atoms with Gasteiger partial charge in [0.15, 0.2) is 0 Å². The van der Waals surface area contributed by atoms with E-state index in [0.717, 1.165) is 15.4 Å². The largest absolute Gasteiger partial charge is 0.240 e. The number of benzene rings is 1. The standard InChI is InChI=1S/C20H20ClFN4O2S2/c1-2-30(27,28)26-11-8-14(9-12-26)19-25-17(13-3-5-15(22)6-4-13)18(29-19)16-7-10-23-20(21)24-16/h3-7,10,14H,2,8-9,11-12H2,1H3. The molecule has 10 heteroatoms. The van der Waals surface area contributed by atoms with Gasteiger partial charge in [-0.05, 0) is 61.7 Å². The van der Waals surface area contributed by atoms with Gasteiger partial charge in [-0.2, -0.15) is 0 Å². The predicted molar refractivity (Wildman–Crippen MR) is 117 cm³/mol. The molecule has 1 saturated heterocycles. The van der Waals surface area contributed by atoms with Gasteiger partial charge in [0.2, 0.25) is 15.3 Å². The fourth-order valence-electron chi connectivity index (χ4n) is 3.51. The van der Waals surface area contributed by atoms with Crippen LogP contribution in [0.15, 0.2) is 36.5 Å². The maximum Gasteiger partial charge on any atom is 0.222 e. The Bertz CT molecular complexity index is 1140. The first kappa shape index (κ1) is 21.3. The van der Waals surface area contributed by atoms with Gasteiger partial charge in [0, 0.05) is 30.8 Å². The molecular weight excluding hydrogens is 447 g/mol. The van der Waals surface area contributed by atoms with Crippen LogP contribution in [0.3, 0.4) is 0 Å². The summed E-state index contributed by atoms with van der Waals surface area (Å²) in [6.45, 7) is 2.64. The number of thiazole rings is 1. The van der Waals surface area contributed by atoms with Crippen LogP contribution in [0.1, 0.15) is 30.7 Å². The summed E-state index contributed by atoms with van der Waals surface area (Å²) in [6, 6.07) is 7.96. The van der Waals surface area contributed by atoms with E-state index in [4.69, 9.17) is 16.6 Å². The topological polar surface area (TPSA) is 76.1 Å². The molecule has 0 radical (unpaired) electrons. The molecule has 1 aliphatic rings. The summed E-state index contributed by atoms with van der Waals surface area (Å²) in [7, 11) is -3.18. The number of sulfonamides is 1. The smallest absolute Gasteiger partial charge is 0.222 e. The zero-order valence-corrected chi connectivity index (χ0v) is 18.6. The molecule has 0 unspecified atom stereocenters. The average molecular weight is 467 g/mol. The third kappa shape index (κ3) is 4.39. The molecule has 0 saturated carbocycles. The third-order valence-corrected chi connectivity index (χ3v) is 8.49. The van der Waals surface area contributed by atoms with E-state index in [-0.39, 0.29) is 22.8 Å². The monoisotopic (exact) mass is 466 g/mol. The molecule has 0 N–H and O–H groups in total. The summed E-state index contributed by atoms with van der Waals surface area (Å²) in [6.07, 6.45) is 3.01. The second-order valence-corrected chi connectivity index (χ2v) is 10.6. The zero-order chi connectivity index (χ0) is 21.3. The number of halogens is 2. The van der Waals surface area contributed by atoms with Gasteiger partial charge in [-0.3, -0.25) is 0 Å². The van der Waals surface area contributed by atoms with Gasteiger partial charge in [-0.1, -0.05) is 0 Å². The molecule has 3 aromatic rings. The van der Waals surface area contributed by atoms with Crippen LogP contribution in [0.2, 0.25) is 5.28 Å². The van der Waals surface area contributed by atoms with E-state index in [1.807, 2.05) is 0 Å². The minimum atomic E-state index is -3.18.